The molecule has 0 spiro atoms. The number of nitro groups is 1. The molecule has 2 rings (SSSR count). The van der Waals surface area contributed by atoms with Crippen LogP contribution in [0.4, 0.5) is 5.69 Å². The van der Waals surface area contributed by atoms with Crippen molar-refractivity contribution in [2.45, 2.75) is 18.4 Å². The Balaban J connectivity index is 2.41. The fourth-order valence-electron chi connectivity index (χ4n) is 2.20. The summed E-state index contributed by atoms with van der Waals surface area (Å²) in [6.07, 6.45) is 0. The molecule has 0 bridgehead atoms. The lowest BCUT2D eigenvalue weighted by Gasteiger charge is -2.19. The molecule has 0 aliphatic heterocycles. The third-order valence-corrected chi connectivity index (χ3v) is 5.81. The largest absolute Gasteiger partial charge is 0.273 e. The van der Waals surface area contributed by atoms with Crippen LogP contribution in [0.2, 0.25) is 5.02 Å². The number of nitro benzene ring substituents is 1. The minimum absolute atomic E-state index is 0.0736. The molecule has 0 aromatic heterocycles. The van der Waals surface area contributed by atoms with Gasteiger partial charge < -0.3 is 0 Å². The van der Waals surface area contributed by atoms with Gasteiger partial charge in [-0.1, -0.05) is 35.9 Å². The first-order chi connectivity index (χ1) is 10.7. The van der Waals surface area contributed by atoms with Gasteiger partial charge in [0, 0.05) is 30.2 Å². The zero-order chi connectivity index (χ0) is 17.2. The summed E-state index contributed by atoms with van der Waals surface area (Å²) in [4.78, 5) is 10.3. The van der Waals surface area contributed by atoms with Gasteiger partial charge in [-0.2, -0.15) is 4.31 Å². The van der Waals surface area contributed by atoms with Crippen molar-refractivity contribution in [3.8, 4) is 0 Å². The molecule has 8 heteroatoms. The zero-order valence-corrected chi connectivity index (χ0v) is 14.1. The molecule has 0 amide bonds. The molecule has 2 aromatic rings. The molecule has 0 saturated carbocycles. The van der Waals surface area contributed by atoms with Crippen LogP contribution in [0.25, 0.3) is 0 Å². The summed E-state index contributed by atoms with van der Waals surface area (Å²) in [5.74, 6) is 0. The lowest BCUT2D eigenvalue weighted by Crippen LogP contribution is -2.27. The summed E-state index contributed by atoms with van der Waals surface area (Å²) >= 11 is 6.05. The molecule has 0 radical (unpaired) electrons. The van der Waals surface area contributed by atoms with E-state index in [1.54, 1.807) is 24.3 Å². The van der Waals surface area contributed by atoms with Gasteiger partial charge in [0.15, 0.2) is 0 Å². The maximum absolute atomic E-state index is 12.7. The van der Waals surface area contributed by atoms with E-state index < -0.39 is 14.9 Å². The SMILES string of the molecule is Cc1c([N+](=O)[O-])cccc1S(=O)(=O)N(C)Cc1ccccc1Cl. The Hall–Kier alpha value is -1.96. The van der Waals surface area contributed by atoms with Crippen molar-refractivity contribution in [1.29, 1.82) is 0 Å². The van der Waals surface area contributed by atoms with E-state index in [2.05, 4.69) is 0 Å². The second-order valence-corrected chi connectivity index (χ2v) is 7.43. The number of sulfonamides is 1. The number of hydrogen-bond acceptors (Lipinski definition) is 4. The Morgan fingerprint density at radius 3 is 2.43 bits per heavy atom. The molecule has 0 fully saturated rings. The predicted octanol–water partition coefficient (Wildman–Crippen LogP) is 3.38. The minimum atomic E-state index is -3.87. The van der Waals surface area contributed by atoms with E-state index in [-0.39, 0.29) is 22.7 Å². The quantitative estimate of drug-likeness (QED) is 0.609. The highest BCUT2D eigenvalue weighted by molar-refractivity contribution is 7.89. The van der Waals surface area contributed by atoms with Gasteiger partial charge in [-0.15, -0.1) is 0 Å². The summed E-state index contributed by atoms with van der Waals surface area (Å²) in [5.41, 5.74) is 0.545. The topological polar surface area (TPSA) is 80.5 Å². The summed E-state index contributed by atoms with van der Waals surface area (Å²) in [7, 11) is -2.46. The van der Waals surface area contributed by atoms with Crippen molar-refractivity contribution < 1.29 is 13.3 Å². The summed E-state index contributed by atoms with van der Waals surface area (Å²) in [6.45, 7) is 1.50. The van der Waals surface area contributed by atoms with Gasteiger partial charge in [-0.3, -0.25) is 10.1 Å². The number of benzene rings is 2. The molecule has 23 heavy (non-hydrogen) atoms. The first-order valence-corrected chi connectivity index (χ1v) is 8.50. The third-order valence-electron chi connectivity index (χ3n) is 3.49. The van der Waals surface area contributed by atoms with Crippen molar-refractivity contribution in [3.05, 3.63) is 68.7 Å². The van der Waals surface area contributed by atoms with Crippen molar-refractivity contribution in [1.82, 2.24) is 4.31 Å². The van der Waals surface area contributed by atoms with E-state index in [0.29, 0.717) is 10.6 Å². The van der Waals surface area contributed by atoms with Crippen LogP contribution in [0.3, 0.4) is 0 Å². The lowest BCUT2D eigenvalue weighted by atomic mass is 10.2. The Morgan fingerprint density at radius 1 is 1.17 bits per heavy atom. The fourth-order valence-corrected chi connectivity index (χ4v) is 3.78. The van der Waals surface area contributed by atoms with E-state index in [1.807, 2.05) is 0 Å². The average molecular weight is 355 g/mol. The van der Waals surface area contributed by atoms with Gasteiger partial charge in [0.05, 0.1) is 9.82 Å². The smallest absolute Gasteiger partial charge is 0.258 e. The molecule has 2 aromatic carbocycles. The number of hydrogen-bond donors (Lipinski definition) is 0. The van der Waals surface area contributed by atoms with Gasteiger partial charge in [-0.05, 0) is 24.6 Å². The maximum atomic E-state index is 12.7. The normalized spacial score (nSPS) is 11.7. The molecule has 0 aliphatic carbocycles. The highest BCUT2D eigenvalue weighted by Gasteiger charge is 2.27. The lowest BCUT2D eigenvalue weighted by molar-refractivity contribution is -0.385. The summed E-state index contributed by atoms with van der Waals surface area (Å²) < 4.78 is 26.5. The van der Waals surface area contributed by atoms with Crippen LogP contribution >= 0.6 is 11.6 Å². The molecule has 0 N–H and O–H groups in total. The molecule has 0 atom stereocenters. The Labute approximate surface area is 139 Å². The van der Waals surface area contributed by atoms with Crippen molar-refractivity contribution in [2.75, 3.05) is 7.05 Å². The fraction of sp³-hybridized carbons (Fsp3) is 0.200. The van der Waals surface area contributed by atoms with Crippen molar-refractivity contribution >= 4 is 27.3 Å². The van der Waals surface area contributed by atoms with Crippen LogP contribution in [0.15, 0.2) is 47.4 Å². The highest BCUT2D eigenvalue weighted by atomic mass is 35.5. The Kier molecular flexibility index (Phi) is 5.03. The van der Waals surface area contributed by atoms with Gasteiger partial charge in [0.2, 0.25) is 10.0 Å². The summed E-state index contributed by atoms with van der Waals surface area (Å²) in [6, 6.07) is 10.9. The van der Waals surface area contributed by atoms with Gasteiger partial charge in [-0.25, -0.2) is 8.42 Å². The van der Waals surface area contributed by atoms with Crippen LogP contribution in [0, 0.1) is 17.0 Å². The zero-order valence-electron chi connectivity index (χ0n) is 12.6. The van der Waals surface area contributed by atoms with E-state index in [9.17, 15) is 18.5 Å². The Bertz CT molecular complexity index is 852. The van der Waals surface area contributed by atoms with Crippen LogP contribution in [-0.4, -0.2) is 24.7 Å². The third kappa shape index (κ3) is 3.52. The number of rotatable bonds is 5. The van der Waals surface area contributed by atoms with E-state index >= 15 is 0 Å². The first-order valence-electron chi connectivity index (χ1n) is 6.69. The van der Waals surface area contributed by atoms with E-state index in [0.717, 1.165) is 4.31 Å². The maximum Gasteiger partial charge on any atom is 0.273 e. The molecule has 0 unspecified atom stereocenters. The van der Waals surface area contributed by atoms with Crippen LogP contribution < -0.4 is 0 Å². The van der Waals surface area contributed by atoms with E-state index in [1.165, 1.54) is 32.2 Å². The molecule has 6 nitrogen and oxygen atoms in total. The van der Waals surface area contributed by atoms with Crippen molar-refractivity contribution in [2.24, 2.45) is 0 Å². The first kappa shape index (κ1) is 17.4. The van der Waals surface area contributed by atoms with Crippen LogP contribution in [0.5, 0.6) is 0 Å². The molecular formula is C15H15ClN2O4S. The van der Waals surface area contributed by atoms with Gasteiger partial charge in [0.25, 0.3) is 5.69 Å². The van der Waals surface area contributed by atoms with E-state index in [4.69, 9.17) is 11.6 Å². The average Bonchev–Trinajstić information content (AvgIpc) is 2.49. The molecule has 0 heterocycles. The predicted molar refractivity (Wildman–Crippen MR) is 87.9 cm³/mol. The molecule has 0 saturated heterocycles. The molecule has 0 aliphatic rings. The monoisotopic (exact) mass is 354 g/mol. The number of nitrogens with zero attached hydrogens (tertiary/aromatic N) is 2. The van der Waals surface area contributed by atoms with Gasteiger partial charge >= 0.3 is 0 Å². The minimum Gasteiger partial charge on any atom is -0.258 e. The molecule has 122 valence electrons. The van der Waals surface area contributed by atoms with Crippen LogP contribution in [-0.2, 0) is 16.6 Å². The van der Waals surface area contributed by atoms with Gasteiger partial charge in [0.1, 0.15) is 0 Å². The molecular weight excluding hydrogens is 340 g/mol. The number of halogens is 1. The van der Waals surface area contributed by atoms with Crippen LogP contribution in [0.1, 0.15) is 11.1 Å². The Morgan fingerprint density at radius 2 is 1.83 bits per heavy atom. The summed E-state index contributed by atoms with van der Waals surface area (Å²) in [5, 5.41) is 11.4. The second-order valence-electron chi connectivity index (χ2n) is 5.01. The second kappa shape index (κ2) is 6.66. The van der Waals surface area contributed by atoms with Crippen molar-refractivity contribution in [3.63, 3.8) is 0 Å². The standard InChI is InChI=1S/C15H15ClN2O4S/c1-11-14(18(19)20)8-5-9-15(11)23(21,22)17(2)10-12-6-3-4-7-13(12)16/h3-9H,10H2,1-2H3. The highest BCUT2D eigenvalue weighted by Crippen LogP contribution is 2.28.